The van der Waals surface area contributed by atoms with Crippen molar-refractivity contribution in [1.29, 1.82) is 0 Å². The van der Waals surface area contributed by atoms with Crippen LogP contribution in [0.1, 0.15) is 19.8 Å². The summed E-state index contributed by atoms with van der Waals surface area (Å²) in [6, 6.07) is 4.68. The van der Waals surface area contributed by atoms with Crippen molar-refractivity contribution in [2.24, 2.45) is 16.0 Å². The second-order valence-electron chi connectivity index (χ2n) is 5.63. The molecule has 1 saturated carbocycles. The van der Waals surface area contributed by atoms with Gasteiger partial charge in [0.2, 0.25) is 10.0 Å². The van der Waals surface area contributed by atoms with E-state index in [0.29, 0.717) is 24.6 Å². The summed E-state index contributed by atoms with van der Waals surface area (Å²) >= 11 is 1.29. The molecule has 1 aliphatic rings. The predicted molar refractivity (Wildman–Crippen MR) is 91.0 cm³/mol. The number of hydrogen-bond acceptors (Lipinski definition) is 5. The minimum absolute atomic E-state index is 0.0375. The Balaban J connectivity index is 2.09. The van der Waals surface area contributed by atoms with E-state index in [1.807, 2.05) is 11.5 Å². The topological polar surface area (TPSA) is 104 Å². The minimum atomic E-state index is -3.77. The second kappa shape index (κ2) is 6.75. The van der Waals surface area contributed by atoms with Crippen LogP contribution in [-0.4, -0.2) is 32.1 Å². The molecule has 24 heavy (non-hydrogen) atoms. The fraction of sp³-hybridized carbons (Fsp3) is 0.467. The highest BCUT2D eigenvalue weighted by Crippen LogP contribution is 2.30. The molecule has 0 radical (unpaired) electrons. The van der Waals surface area contributed by atoms with Crippen molar-refractivity contribution in [2.45, 2.75) is 31.2 Å². The number of hydrogen-bond donors (Lipinski definition) is 1. The molecule has 0 unspecified atom stereocenters. The number of carbonyl (C=O) groups is 1. The molecule has 0 bridgehead atoms. The molecule has 1 heterocycles. The Morgan fingerprint density at radius 2 is 2.21 bits per heavy atom. The molecule has 1 fully saturated rings. The third kappa shape index (κ3) is 3.75. The number of primary sulfonamides is 1. The van der Waals surface area contributed by atoms with E-state index in [4.69, 9.17) is 9.88 Å². The smallest absolute Gasteiger partial charge is 0.251 e. The summed E-state index contributed by atoms with van der Waals surface area (Å²) in [5, 5.41) is 5.19. The van der Waals surface area contributed by atoms with E-state index in [0.717, 1.165) is 23.1 Å². The Labute approximate surface area is 143 Å². The first kappa shape index (κ1) is 17.3. The van der Waals surface area contributed by atoms with Gasteiger partial charge in [-0.15, -0.1) is 0 Å². The van der Waals surface area contributed by atoms with Gasteiger partial charge in [-0.25, -0.2) is 13.6 Å². The highest BCUT2D eigenvalue weighted by Gasteiger charge is 2.29. The largest absolute Gasteiger partial charge is 0.380 e. The summed E-state index contributed by atoms with van der Waals surface area (Å²) < 4.78 is 31.1. The van der Waals surface area contributed by atoms with Gasteiger partial charge < -0.3 is 9.30 Å². The second-order valence-corrected chi connectivity index (χ2v) is 8.20. The maximum absolute atomic E-state index is 12.0. The van der Waals surface area contributed by atoms with Gasteiger partial charge in [-0.1, -0.05) is 11.3 Å². The molecule has 7 nitrogen and oxygen atoms in total. The SMILES string of the molecule is CCOCCn1c(=NC(=O)C2CC2)sc2cc(S(N)(=O)=O)ccc21. The monoisotopic (exact) mass is 369 g/mol. The summed E-state index contributed by atoms with van der Waals surface area (Å²) in [6.07, 6.45) is 1.78. The van der Waals surface area contributed by atoms with Crippen LogP contribution < -0.4 is 9.94 Å². The van der Waals surface area contributed by atoms with Crippen molar-refractivity contribution in [3.63, 3.8) is 0 Å². The van der Waals surface area contributed by atoms with E-state index in [2.05, 4.69) is 4.99 Å². The van der Waals surface area contributed by atoms with E-state index >= 15 is 0 Å². The zero-order valence-corrected chi connectivity index (χ0v) is 14.9. The number of nitrogens with zero attached hydrogens (tertiary/aromatic N) is 2. The lowest BCUT2D eigenvalue weighted by molar-refractivity contribution is -0.119. The number of benzene rings is 1. The first-order valence-corrected chi connectivity index (χ1v) is 10.1. The van der Waals surface area contributed by atoms with Gasteiger partial charge >= 0.3 is 0 Å². The van der Waals surface area contributed by atoms with E-state index in [1.54, 1.807) is 6.07 Å². The molecule has 2 aromatic rings. The van der Waals surface area contributed by atoms with Gasteiger partial charge in [0, 0.05) is 19.1 Å². The number of amides is 1. The fourth-order valence-corrected chi connectivity index (χ4v) is 4.06. The van der Waals surface area contributed by atoms with Crippen LogP contribution in [0.3, 0.4) is 0 Å². The van der Waals surface area contributed by atoms with Crippen LogP contribution in [-0.2, 0) is 26.1 Å². The standard InChI is InChI=1S/C15H19N3O4S2/c1-2-22-8-7-18-12-6-5-11(24(16,20)21)9-13(12)23-15(18)17-14(19)10-3-4-10/h5-6,9-10H,2-4,7-8H2,1H3,(H2,16,20,21). The van der Waals surface area contributed by atoms with Crippen LogP contribution in [0.5, 0.6) is 0 Å². The van der Waals surface area contributed by atoms with E-state index in [9.17, 15) is 13.2 Å². The summed E-state index contributed by atoms with van der Waals surface area (Å²) in [7, 11) is -3.77. The highest BCUT2D eigenvalue weighted by molar-refractivity contribution is 7.89. The fourth-order valence-electron chi connectivity index (χ4n) is 2.35. The van der Waals surface area contributed by atoms with Crippen LogP contribution in [0.2, 0.25) is 0 Å². The number of ether oxygens (including phenoxy) is 1. The first-order chi connectivity index (χ1) is 11.4. The Hall–Kier alpha value is -1.55. The van der Waals surface area contributed by atoms with Gasteiger partial charge in [0.05, 0.1) is 21.7 Å². The van der Waals surface area contributed by atoms with E-state index < -0.39 is 10.0 Å². The number of nitrogens with two attached hydrogens (primary N) is 1. The number of carbonyl (C=O) groups excluding carboxylic acids is 1. The molecule has 0 saturated heterocycles. The van der Waals surface area contributed by atoms with Gasteiger partial charge in [-0.05, 0) is 38.0 Å². The van der Waals surface area contributed by atoms with Crippen molar-refractivity contribution < 1.29 is 17.9 Å². The molecule has 3 rings (SSSR count). The summed E-state index contributed by atoms with van der Waals surface area (Å²) in [4.78, 5) is 16.9. The molecule has 9 heteroatoms. The van der Waals surface area contributed by atoms with Crippen molar-refractivity contribution >= 4 is 37.5 Å². The quantitative estimate of drug-likeness (QED) is 0.773. The van der Waals surface area contributed by atoms with Gasteiger partial charge in [-0.2, -0.15) is 4.99 Å². The Bertz CT molecular complexity index is 939. The average molecular weight is 369 g/mol. The van der Waals surface area contributed by atoms with Gasteiger partial charge in [0.25, 0.3) is 5.91 Å². The Kier molecular flexibility index (Phi) is 4.86. The van der Waals surface area contributed by atoms with Gasteiger partial charge in [-0.3, -0.25) is 4.79 Å². The number of thiazole rings is 1. The lowest BCUT2D eigenvalue weighted by Crippen LogP contribution is -2.20. The molecule has 1 amide bonds. The lowest BCUT2D eigenvalue weighted by Gasteiger charge is -2.06. The maximum Gasteiger partial charge on any atom is 0.251 e. The summed E-state index contributed by atoms with van der Waals surface area (Å²) in [5.41, 5.74) is 0.814. The molecular weight excluding hydrogens is 350 g/mol. The lowest BCUT2D eigenvalue weighted by atomic mass is 10.3. The zero-order valence-electron chi connectivity index (χ0n) is 13.3. The van der Waals surface area contributed by atoms with Crippen molar-refractivity contribution in [1.82, 2.24) is 4.57 Å². The van der Waals surface area contributed by atoms with Crippen LogP contribution in [0.15, 0.2) is 28.1 Å². The minimum Gasteiger partial charge on any atom is -0.380 e. The van der Waals surface area contributed by atoms with Crippen molar-refractivity contribution in [2.75, 3.05) is 13.2 Å². The molecule has 0 atom stereocenters. The van der Waals surface area contributed by atoms with Crippen molar-refractivity contribution in [3.8, 4) is 0 Å². The molecular formula is C15H19N3O4S2. The highest BCUT2D eigenvalue weighted by atomic mass is 32.2. The summed E-state index contributed by atoms with van der Waals surface area (Å²) in [5.74, 6) is -0.0751. The molecule has 1 aromatic heterocycles. The zero-order chi connectivity index (χ0) is 17.3. The Morgan fingerprint density at radius 3 is 2.83 bits per heavy atom. The number of fused-ring (bicyclic) bond motifs is 1. The number of rotatable bonds is 6. The molecule has 0 spiro atoms. The van der Waals surface area contributed by atoms with Gasteiger partial charge in [0.1, 0.15) is 0 Å². The molecule has 130 valence electrons. The maximum atomic E-state index is 12.0. The van der Waals surface area contributed by atoms with Crippen LogP contribution >= 0.6 is 11.3 Å². The third-order valence-electron chi connectivity index (χ3n) is 3.78. The Morgan fingerprint density at radius 1 is 1.46 bits per heavy atom. The molecule has 2 N–H and O–H groups in total. The van der Waals surface area contributed by atoms with E-state index in [-0.39, 0.29) is 16.7 Å². The number of sulfonamides is 1. The van der Waals surface area contributed by atoms with Crippen molar-refractivity contribution in [3.05, 3.63) is 23.0 Å². The van der Waals surface area contributed by atoms with Crippen LogP contribution in [0.4, 0.5) is 0 Å². The number of aromatic nitrogens is 1. The normalized spacial score (nSPS) is 16.0. The summed E-state index contributed by atoms with van der Waals surface area (Å²) in [6.45, 7) is 3.55. The van der Waals surface area contributed by atoms with Crippen LogP contribution in [0, 0.1) is 5.92 Å². The van der Waals surface area contributed by atoms with E-state index in [1.165, 1.54) is 23.5 Å². The predicted octanol–water partition coefficient (Wildman–Crippen LogP) is 1.22. The molecule has 1 aromatic carbocycles. The van der Waals surface area contributed by atoms with Gasteiger partial charge in [0.15, 0.2) is 4.80 Å². The third-order valence-corrected chi connectivity index (χ3v) is 5.73. The average Bonchev–Trinajstić information content (AvgIpc) is 3.31. The van der Waals surface area contributed by atoms with Crippen LogP contribution in [0.25, 0.3) is 10.2 Å². The first-order valence-electron chi connectivity index (χ1n) is 7.72. The molecule has 0 aliphatic heterocycles. The molecule has 1 aliphatic carbocycles.